The van der Waals surface area contributed by atoms with E-state index in [1.807, 2.05) is 0 Å². The molecule has 0 aliphatic heterocycles. The highest BCUT2D eigenvalue weighted by molar-refractivity contribution is 6.32. The molecule has 0 bridgehead atoms. The van der Waals surface area contributed by atoms with Gasteiger partial charge in [0.2, 0.25) is 0 Å². The van der Waals surface area contributed by atoms with Crippen molar-refractivity contribution in [2.24, 2.45) is 0 Å². The molecule has 0 unspecified atom stereocenters. The van der Waals surface area contributed by atoms with E-state index >= 15 is 0 Å². The van der Waals surface area contributed by atoms with E-state index in [2.05, 4.69) is 5.32 Å². The maximum atomic E-state index is 12.6. The standard InChI is InChI=1S/C19H17ClF3NO5/c1-29-15-7-2-10(8-13(15)20)9-14(18(27)28)24-17(26)16(25)11-3-5-12(6-4-11)19(21,22)23/h2-8,14,16,25H,9H2,1H3,(H,24,26)(H,27,28)/t14-,16+/m0/s1. The van der Waals surface area contributed by atoms with Gasteiger partial charge in [-0.3, -0.25) is 4.79 Å². The number of methoxy groups -OCH3 is 1. The number of aliphatic hydroxyl groups excluding tert-OH is 1. The lowest BCUT2D eigenvalue weighted by molar-refractivity contribution is -0.143. The van der Waals surface area contributed by atoms with Crippen LogP contribution in [0.5, 0.6) is 5.75 Å². The quantitative estimate of drug-likeness (QED) is 0.625. The summed E-state index contributed by atoms with van der Waals surface area (Å²) in [5.74, 6) is -2.02. The predicted molar refractivity (Wildman–Crippen MR) is 97.7 cm³/mol. The van der Waals surface area contributed by atoms with Crippen molar-refractivity contribution in [1.29, 1.82) is 0 Å². The Morgan fingerprint density at radius 1 is 1.17 bits per heavy atom. The van der Waals surface area contributed by atoms with Gasteiger partial charge in [0.15, 0.2) is 6.10 Å². The molecule has 0 radical (unpaired) electrons. The summed E-state index contributed by atoms with van der Waals surface area (Å²) >= 11 is 5.99. The molecule has 2 atom stereocenters. The summed E-state index contributed by atoms with van der Waals surface area (Å²) in [6.07, 6.45) is -6.52. The van der Waals surface area contributed by atoms with Crippen LogP contribution in [0.2, 0.25) is 5.02 Å². The van der Waals surface area contributed by atoms with Gasteiger partial charge in [0.1, 0.15) is 11.8 Å². The molecule has 0 spiro atoms. The van der Waals surface area contributed by atoms with Crippen molar-refractivity contribution in [2.45, 2.75) is 24.7 Å². The molecule has 3 N–H and O–H groups in total. The van der Waals surface area contributed by atoms with Crippen molar-refractivity contribution >= 4 is 23.5 Å². The van der Waals surface area contributed by atoms with Crippen molar-refractivity contribution in [2.75, 3.05) is 7.11 Å². The van der Waals surface area contributed by atoms with E-state index in [1.54, 1.807) is 6.07 Å². The molecule has 156 valence electrons. The van der Waals surface area contributed by atoms with Crippen LogP contribution in [0.3, 0.4) is 0 Å². The molecule has 1 amide bonds. The lowest BCUT2D eigenvalue weighted by Crippen LogP contribution is -2.44. The molecule has 29 heavy (non-hydrogen) atoms. The second-order valence-corrected chi connectivity index (χ2v) is 6.50. The molecule has 0 fully saturated rings. The van der Waals surface area contributed by atoms with Crippen molar-refractivity contribution in [3.8, 4) is 5.75 Å². The fourth-order valence-electron chi connectivity index (χ4n) is 2.53. The second kappa shape index (κ2) is 9.15. The topological polar surface area (TPSA) is 95.9 Å². The normalized spacial score (nSPS) is 13.4. The van der Waals surface area contributed by atoms with E-state index in [0.717, 1.165) is 24.3 Å². The molecular weight excluding hydrogens is 415 g/mol. The number of carbonyl (C=O) groups is 2. The zero-order valence-electron chi connectivity index (χ0n) is 15.0. The molecule has 2 aromatic carbocycles. The molecule has 0 aliphatic carbocycles. The van der Waals surface area contributed by atoms with Crippen LogP contribution in [-0.2, 0) is 22.2 Å². The van der Waals surface area contributed by atoms with Gasteiger partial charge in [0.05, 0.1) is 17.7 Å². The summed E-state index contributed by atoms with van der Waals surface area (Å²) in [5.41, 5.74) is -0.548. The highest BCUT2D eigenvalue weighted by Crippen LogP contribution is 2.30. The Labute approximate surface area is 168 Å². The first kappa shape index (κ1) is 22.5. The van der Waals surface area contributed by atoms with Gasteiger partial charge in [-0.25, -0.2) is 4.79 Å². The third-order valence-corrected chi connectivity index (χ3v) is 4.37. The smallest absolute Gasteiger partial charge is 0.416 e. The average Bonchev–Trinajstić information content (AvgIpc) is 2.66. The zero-order valence-corrected chi connectivity index (χ0v) is 15.8. The lowest BCUT2D eigenvalue weighted by atomic mass is 10.0. The Bertz CT molecular complexity index is 886. The number of alkyl halides is 3. The molecule has 6 nitrogen and oxygen atoms in total. The number of amides is 1. The Morgan fingerprint density at radius 3 is 2.28 bits per heavy atom. The molecule has 2 rings (SSSR count). The number of halogens is 4. The summed E-state index contributed by atoms with van der Waals surface area (Å²) < 4.78 is 42.8. The van der Waals surface area contributed by atoms with Crippen LogP contribution in [0, 0.1) is 0 Å². The Morgan fingerprint density at radius 2 is 1.79 bits per heavy atom. The van der Waals surface area contributed by atoms with Crippen molar-refractivity contribution < 1.29 is 37.7 Å². The van der Waals surface area contributed by atoms with Crippen LogP contribution in [0.4, 0.5) is 13.2 Å². The number of benzene rings is 2. The van der Waals surface area contributed by atoms with E-state index in [1.165, 1.54) is 19.2 Å². The summed E-state index contributed by atoms with van der Waals surface area (Å²) in [5, 5.41) is 21.8. The highest BCUT2D eigenvalue weighted by atomic mass is 35.5. The van der Waals surface area contributed by atoms with Gasteiger partial charge in [0, 0.05) is 6.42 Å². The van der Waals surface area contributed by atoms with Gasteiger partial charge in [-0.2, -0.15) is 13.2 Å². The minimum atomic E-state index is -4.56. The fourth-order valence-corrected chi connectivity index (χ4v) is 2.81. The number of rotatable bonds is 7. The van der Waals surface area contributed by atoms with Crippen molar-refractivity contribution in [3.63, 3.8) is 0 Å². The minimum Gasteiger partial charge on any atom is -0.495 e. The Balaban J connectivity index is 2.10. The predicted octanol–water partition coefficient (Wildman–Crippen LogP) is 3.21. The zero-order chi connectivity index (χ0) is 21.8. The van der Waals surface area contributed by atoms with Crippen LogP contribution in [0.25, 0.3) is 0 Å². The van der Waals surface area contributed by atoms with E-state index in [0.29, 0.717) is 11.3 Å². The first-order valence-electron chi connectivity index (χ1n) is 8.23. The van der Waals surface area contributed by atoms with Crippen LogP contribution < -0.4 is 10.1 Å². The molecule has 0 saturated heterocycles. The van der Waals surface area contributed by atoms with Gasteiger partial charge in [0.25, 0.3) is 5.91 Å². The number of hydrogen-bond donors (Lipinski definition) is 3. The van der Waals surface area contributed by atoms with Gasteiger partial charge in [-0.05, 0) is 35.4 Å². The summed E-state index contributed by atoms with van der Waals surface area (Å²) in [4.78, 5) is 23.7. The maximum Gasteiger partial charge on any atom is 0.416 e. The van der Waals surface area contributed by atoms with Gasteiger partial charge >= 0.3 is 12.1 Å². The molecular formula is C19H17ClF3NO5. The first-order valence-corrected chi connectivity index (χ1v) is 8.61. The third-order valence-electron chi connectivity index (χ3n) is 4.07. The van der Waals surface area contributed by atoms with Crippen molar-refractivity contribution in [1.82, 2.24) is 5.32 Å². The first-order chi connectivity index (χ1) is 13.5. The average molecular weight is 432 g/mol. The largest absolute Gasteiger partial charge is 0.495 e. The summed E-state index contributed by atoms with van der Waals surface area (Å²) in [7, 11) is 1.42. The van der Waals surface area contributed by atoms with E-state index in [-0.39, 0.29) is 17.0 Å². The van der Waals surface area contributed by atoms with Crippen molar-refractivity contribution in [3.05, 3.63) is 64.2 Å². The molecule has 0 aromatic heterocycles. The van der Waals surface area contributed by atoms with Gasteiger partial charge in [-0.1, -0.05) is 29.8 Å². The van der Waals surface area contributed by atoms with Crippen LogP contribution >= 0.6 is 11.6 Å². The molecule has 10 heteroatoms. The molecule has 0 saturated carbocycles. The number of carbonyl (C=O) groups excluding carboxylic acids is 1. The number of hydrogen-bond acceptors (Lipinski definition) is 4. The third kappa shape index (κ3) is 5.85. The monoisotopic (exact) mass is 431 g/mol. The number of carboxylic acid groups (broad SMARTS) is 1. The molecule has 0 aliphatic rings. The number of aliphatic hydroxyl groups is 1. The van der Waals surface area contributed by atoms with Crippen LogP contribution in [-0.4, -0.2) is 35.2 Å². The van der Waals surface area contributed by atoms with E-state index < -0.39 is 35.8 Å². The Kier molecular flexibility index (Phi) is 7.10. The number of ether oxygens (including phenoxy) is 1. The van der Waals surface area contributed by atoms with Crippen LogP contribution in [0.15, 0.2) is 42.5 Å². The van der Waals surface area contributed by atoms with E-state index in [4.69, 9.17) is 16.3 Å². The highest BCUT2D eigenvalue weighted by Gasteiger charge is 2.31. The van der Waals surface area contributed by atoms with Gasteiger partial charge < -0.3 is 20.3 Å². The Hall–Kier alpha value is -2.78. The van der Waals surface area contributed by atoms with Gasteiger partial charge in [-0.15, -0.1) is 0 Å². The number of aliphatic carboxylic acids is 1. The summed E-state index contributed by atoms with van der Waals surface area (Å²) in [6.45, 7) is 0. The van der Waals surface area contributed by atoms with Crippen LogP contribution in [0.1, 0.15) is 22.8 Å². The second-order valence-electron chi connectivity index (χ2n) is 6.09. The molecule has 2 aromatic rings. The number of carboxylic acids is 1. The summed E-state index contributed by atoms with van der Waals surface area (Å²) in [6, 6.07) is 6.54. The van der Waals surface area contributed by atoms with E-state index in [9.17, 15) is 33.0 Å². The minimum absolute atomic E-state index is 0.105. The molecule has 0 heterocycles. The lowest BCUT2D eigenvalue weighted by Gasteiger charge is -2.18. The maximum absolute atomic E-state index is 12.6. The number of nitrogens with one attached hydrogen (secondary N) is 1. The fraction of sp³-hybridized carbons (Fsp3) is 0.263. The SMILES string of the molecule is COc1ccc(C[C@H](NC(=O)[C@H](O)c2ccc(C(F)(F)F)cc2)C(=O)O)cc1Cl.